The minimum atomic E-state index is 0.274. The lowest BCUT2D eigenvalue weighted by Crippen LogP contribution is -2.19. The maximum absolute atomic E-state index is 4.64. The van der Waals surface area contributed by atoms with Gasteiger partial charge in [0.05, 0.1) is 6.04 Å². The highest BCUT2D eigenvalue weighted by Gasteiger charge is 2.14. The molecule has 0 spiro atoms. The zero-order chi connectivity index (χ0) is 14.5. The molecule has 108 valence electrons. The first-order chi connectivity index (χ1) is 9.58. The molecule has 0 aliphatic rings. The number of nitrogens with zero attached hydrogens (tertiary/aromatic N) is 3. The zero-order valence-corrected chi connectivity index (χ0v) is 12.8. The predicted molar refractivity (Wildman–Crippen MR) is 82.4 cm³/mol. The Bertz CT molecular complexity index is 529. The van der Waals surface area contributed by atoms with Crippen LogP contribution in [0.4, 0.5) is 0 Å². The van der Waals surface area contributed by atoms with Crippen molar-refractivity contribution in [1.29, 1.82) is 0 Å². The van der Waals surface area contributed by atoms with Gasteiger partial charge in [-0.3, -0.25) is 0 Å². The van der Waals surface area contributed by atoms with Crippen molar-refractivity contribution in [2.75, 3.05) is 6.54 Å². The van der Waals surface area contributed by atoms with Crippen LogP contribution in [-0.4, -0.2) is 21.5 Å². The van der Waals surface area contributed by atoms with Gasteiger partial charge in [0.25, 0.3) is 0 Å². The fraction of sp³-hybridized carbons (Fsp3) is 0.500. The first-order valence-electron chi connectivity index (χ1n) is 7.29. The Morgan fingerprint density at radius 1 is 1.05 bits per heavy atom. The van der Waals surface area contributed by atoms with Gasteiger partial charge in [-0.25, -0.2) is 0 Å². The van der Waals surface area contributed by atoms with Gasteiger partial charge in [0, 0.05) is 12.1 Å². The van der Waals surface area contributed by atoms with Crippen LogP contribution < -0.4 is 5.32 Å². The van der Waals surface area contributed by atoms with E-state index in [9.17, 15) is 0 Å². The summed E-state index contributed by atoms with van der Waals surface area (Å²) < 4.78 is 0. The zero-order valence-electron chi connectivity index (χ0n) is 12.8. The van der Waals surface area contributed by atoms with E-state index in [-0.39, 0.29) is 6.04 Å². The van der Waals surface area contributed by atoms with Gasteiger partial charge in [-0.2, -0.15) is 15.0 Å². The van der Waals surface area contributed by atoms with E-state index >= 15 is 0 Å². The number of nitrogens with one attached hydrogen (secondary N) is 1. The number of hydrogen-bond donors (Lipinski definition) is 1. The number of hydrogen-bond acceptors (Lipinski definition) is 3. The third kappa shape index (κ3) is 3.67. The molecule has 0 fully saturated rings. The second-order valence-electron chi connectivity index (χ2n) is 5.80. The highest BCUT2D eigenvalue weighted by molar-refractivity contribution is 5.60. The van der Waals surface area contributed by atoms with Crippen LogP contribution in [0.3, 0.4) is 0 Å². The highest BCUT2D eigenvalue weighted by atomic mass is 15.5. The van der Waals surface area contributed by atoms with Gasteiger partial charge in [-0.1, -0.05) is 44.2 Å². The largest absolute Gasteiger partial charge is 0.311 e. The molecule has 0 radical (unpaired) electrons. The topological polar surface area (TPSA) is 42.7 Å². The van der Waals surface area contributed by atoms with Crippen LogP contribution in [0, 0.1) is 5.92 Å². The average molecular weight is 272 g/mol. The van der Waals surface area contributed by atoms with Crippen LogP contribution in [0.2, 0.25) is 0 Å². The Labute approximate surface area is 121 Å². The van der Waals surface area contributed by atoms with Crippen molar-refractivity contribution in [2.45, 2.75) is 40.3 Å². The Balaban J connectivity index is 2.24. The quantitative estimate of drug-likeness (QED) is 0.877. The molecule has 2 rings (SSSR count). The minimum Gasteiger partial charge on any atom is -0.311 e. The molecule has 1 aromatic heterocycles. The van der Waals surface area contributed by atoms with Crippen molar-refractivity contribution < 1.29 is 0 Å². The fourth-order valence-corrected chi connectivity index (χ4v) is 2.00. The molecule has 1 N–H and O–H groups in total. The summed E-state index contributed by atoms with van der Waals surface area (Å²) >= 11 is 0. The molecule has 0 atom stereocenters. The summed E-state index contributed by atoms with van der Waals surface area (Å²) in [6.45, 7) is 10.4. The molecule has 0 aliphatic carbocycles. The Morgan fingerprint density at radius 3 is 2.35 bits per heavy atom. The maximum Gasteiger partial charge on any atom is 0.117 e. The summed E-state index contributed by atoms with van der Waals surface area (Å²) in [6, 6.07) is 10.5. The molecule has 0 amide bonds. The van der Waals surface area contributed by atoms with Crippen molar-refractivity contribution in [3.8, 4) is 11.3 Å². The van der Waals surface area contributed by atoms with Gasteiger partial charge in [0.15, 0.2) is 0 Å². The summed E-state index contributed by atoms with van der Waals surface area (Å²) in [7, 11) is 0. The number of benzene rings is 1. The Hall–Kier alpha value is -1.68. The number of aromatic nitrogens is 3. The van der Waals surface area contributed by atoms with E-state index in [2.05, 4.69) is 55.3 Å². The second kappa shape index (κ2) is 6.66. The molecule has 1 aromatic carbocycles. The third-order valence-electron chi connectivity index (χ3n) is 3.05. The fourth-order valence-electron chi connectivity index (χ4n) is 2.00. The summed E-state index contributed by atoms with van der Waals surface area (Å²) in [4.78, 5) is 1.80. The van der Waals surface area contributed by atoms with Gasteiger partial charge in [-0.15, -0.1) is 0 Å². The molecule has 0 saturated carbocycles. The van der Waals surface area contributed by atoms with Gasteiger partial charge in [0.1, 0.15) is 11.4 Å². The van der Waals surface area contributed by atoms with Crippen molar-refractivity contribution in [3.05, 3.63) is 36.0 Å². The lowest BCUT2D eigenvalue weighted by atomic mass is 10.1. The van der Waals surface area contributed by atoms with Crippen LogP contribution in [0.15, 0.2) is 30.3 Å². The van der Waals surface area contributed by atoms with E-state index in [1.165, 1.54) is 0 Å². The highest BCUT2D eigenvalue weighted by Crippen LogP contribution is 2.21. The van der Waals surface area contributed by atoms with Gasteiger partial charge < -0.3 is 5.32 Å². The van der Waals surface area contributed by atoms with Gasteiger partial charge in [0.2, 0.25) is 0 Å². The van der Waals surface area contributed by atoms with E-state index in [0.29, 0.717) is 5.92 Å². The molecular weight excluding hydrogens is 248 g/mol. The van der Waals surface area contributed by atoms with E-state index < -0.39 is 0 Å². The molecule has 20 heavy (non-hydrogen) atoms. The van der Waals surface area contributed by atoms with Crippen molar-refractivity contribution in [2.24, 2.45) is 5.92 Å². The molecule has 0 bridgehead atoms. The summed E-state index contributed by atoms with van der Waals surface area (Å²) in [5.41, 5.74) is 3.13. The molecule has 4 heteroatoms. The summed E-state index contributed by atoms with van der Waals surface area (Å²) in [5.74, 6) is 0.635. The molecule has 1 heterocycles. The first kappa shape index (κ1) is 14.7. The van der Waals surface area contributed by atoms with Crippen molar-refractivity contribution in [1.82, 2.24) is 20.3 Å². The van der Waals surface area contributed by atoms with Crippen LogP contribution in [-0.2, 0) is 6.54 Å². The molecule has 0 aliphatic heterocycles. The summed E-state index contributed by atoms with van der Waals surface area (Å²) in [5, 5.41) is 12.7. The third-order valence-corrected chi connectivity index (χ3v) is 3.05. The Kier molecular flexibility index (Phi) is 4.90. The molecular formula is C16H24N4. The smallest absolute Gasteiger partial charge is 0.117 e. The maximum atomic E-state index is 4.64. The van der Waals surface area contributed by atoms with Gasteiger partial charge >= 0.3 is 0 Å². The molecule has 0 saturated heterocycles. The van der Waals surface area contributed by atoms with E-state index in [1.807, 2.05) is 18.2 Å². The Morgan fingerprint density at radius 2 is 1.75 bits per heavy atom. The molecule has 2 aromatic rings. The SMILES string of the molecule is CC(C)CNCc1nn(C(C)C)nc1-c1ccccc1. The van der Waals surface area contributed by atoms with Crippen molar-refractivity contribution >= 4 is 0 Å². The van der Waals surface area contributed by atoms with E-state index in [0.717, 1.165) is 30.0 Å². The summed E-state index contributed by atoms with van der Waals surface area (Å²) in [6.07, 6.45) is 0. The lowest BCUT2D eigenvalue weighted by Gasteiger charge is -2.06. The van der Waals surface area contributed by atoms with Crippen LogP contribution >= 0.6 is 0 Å². The lowest BCUT2D eigenvalue weighted by molar-refractivity contribution is 0.460. The van der Waals surface area contributed by atoms with Crippen LogP contribution in [0.5, 0.6) is 0 Å². The monoisotopic (exact) mass is 272 g/mol. The normalized spacial score (nSPS) is 11.5. The number of rotatable bonds is 6. The second-order valence-corrected chi connectivity index (χ2v) is 5.80. The standard InChI is InChI=1S/C16H24N4/c1-12(2)10-17-11-15-16(14-8-6-5-7-9-14)19-20(18-15)13(3)4/h5-9,12-13,17H,10-11H2,1-4H3. The van der Waals surface area contributed by atoms with E-state index in [4.69, 9.17) is 0 Å². The van der Waals surface area contributed by atoms with Gasteiger partial charge in [-0.05, 0) is 26.3 Å². The molecule has 0 unspecified atom stereocenters. The first-order valence-corrected chi connectivity index (χ1v) is 7.29. The molecule has 4 nitrogen and oxygen atoms in total. The van der Waals surface area contributed by atoms with Crippen molar-refractivity contribution in [3.63, 3.8) is 0 Å². The van der Waals surface area contributed by atoms with Crippen LogP contribution in [0.25, 0.3) is 11.3 Å². The van der Waals surface area contributed by atoms with Crippen LogP contribution in [0.1, 0.15) is 39.4 Å². The predicted octanol–water partition coefficient (Wildman–Crippen LogP) is 3.27. The minimum absolute atomic E-state index is 0.274. The van der Waals surface area contributed by atoms with E-state index in [1.54, 1.807) is 4.80 Å². The average Bonchev–Trinajstić information content (AvgIpc) is 2.84.